The Kier molecular flexibility index (Phi) is 6.49. The summed E-state index contributed by atoms with van der Waals surface area (Å²) in [5, 5.41) is 12.7. The Morgan fingerprint density at radius 2 is 1.71 bits per heavy atom. The number of hydrogen-bond acceptors (Lipinski definition) is 6. The number of phenols is 1. The average molecular weight is 406 g/mol. The van der Waals surface area contributed by atoms with E-state index in [-0.39, 0.29) is 18.2 Å². The minimum absolute atomic E-state index is 0.124. The summed E-state index contributed by atoms with van der Waals surface area (Å²) in [5.41, 5.74) is 1.59. The van der Waals surface area contributed by atoms with Gasteiger partial charge in [-0.3, -0.25) is 9.69 Å². The van der Waals surface area contributed by atoms with E-state index < -0.39 is 0 Å². The van der Waals surface area contributed by atoms with Crippen molar-refractivity contribution < 1.29 is 19.4 Å². The third-order valence-corrected chi connectivity index (χ3v) is 5.00. The van der Waals surface area contributed by atoms with E-state index in [0.717, 1.165) is 31.9 Å². The van der Waals surface area contributed by atoms with Crippen LogP contribution in [0.5, 0.6) is 17.2 Å². The van der Waals surface area contributed by atoms with Gasteiger partial charge >= 0.3 is 0 Å². The molecule has 0 aromatic heterocycles. The molecule has 1 heterocycles. The molecule has 8 heteroatoms. The van der Waals surface area contributed by atoms with Crippen molar-refractivity contribution in [2.24, 2.45) is 0 Å². The van der Waals surface area contributed by atoms with Crippen LogP contribution in [-0.4, -0.2) is 62.9 Å². The van der Waals surface area contributed by atoms with Crippen LogP contribution in [0.15, 0.2) is 36.4 Å². The zero-order valence-electron chi connectivity index (χ0n) is 15.9. The lowest BCUT2D eigenvalue weighted by Gasteiger charge is -2.35. The van der Waals surface area contributed by atoms with Crippen LogP contribution in [0.4, 0.5) is 11.4 Å². The largest absolute Gasteiger partial charge is 0.508 e. The fourth-order valence-corrected chi connectivity index (χ4v) is 3.41. The Hall–Kier alpha value is -2.64. The molecular formula is C20H24ClN3O4. The molecule has 3 rings (SSSR count). The predicted molar refractivity (Wildman–Crippen MR) is 110 cm³/mol. The number of phenolic OH excluding ortho intramolecular Hbond substituents is 1. The number of carbonyl (C=O) groups is 1. The first-order valence-electron chi connectivity index (χ1n) is 8.98. The standard InChI is InChI=1S/C20H24ClN3O4/c1-27-18-12-17(19(28-2)11-16(18)21)22-20(26)13-23-7-9-24(10-8-23)14-3-5-15(25)6-4-14/h3-6,11-12,25H,7-10,13H2,1-2H3,(H,22,26). The highest BCUT2D eigenvalue weighted by Gasteiger charge is 2.20. The minimum atomic E-state index is -0.124. The van der Waals surface area contributed by atoms with Crippen molar-refractivity contribution in [2.75, 3.05) is 57.2 Å². The van der Waals surface area contributed by atoms with Crippen molar-refractivity contribution in [3.05, 3.63) is 41.4 Å². The van der Waals surface area contributed by atoms with Crippen LogP contribution in [0.25, 0.3) is 0 Å². The molecule has 0 saturated carbocycles. The van der Waals surface area contributed by atoms with Crippen molar-refractivity contribution in [3.63, 3.8) is 0 Å². The second-order valence-electron chi connectivity index (χ2n) is 6.51. The van der Waals surface area contributed by atoms with E-state index >= 15 is 0 Å². The van der Waals surface area contributed by atoms with E-state index in [0.29, 0.717) is 22.2 Å². The van der Waals surface area contributed by atoms with Gasteiger partial charge in [0.1, 0.15) is 17.2 Å². The molecule has 2 aromatic rings. The van der Waals surface area contributed by atoms with Gasteiger partial charge in [0.2, 0.25) is 5.91 Å². The summed E-state index contributed by atoms with van der Waals surface area (Å²) in [5.74, 6) is 1.09. The van der Waals surface area contributed by atoms with Gasteiger partial charge in [0.15, 0.2) is 0 Å². The summed E-state index contributed by atoms with van der Waals surface area (Å²) >= 11 is 6.10. The molecule has 0 aliphatic carbocycles. The van der Waals surface area contributed by atoms with Crippen molar-refractivity contribution in [3.8, 4) is 17.2 Å². The van der Waals surface area contributed by atoms with E-state index in [9.17, 15) is 9.90 Å². The molecule has 0 bridgehead atoms. The molecule has 0 unspecified atom stereocenters. The van der Waals surface area contributed by atoms with Crippen molar-refractivity contribution in [2.45, 2.75) is 0 Å². The molecule has 1 aliphatic rings. The minimum Gasteiger partial charge on any atom is -0.508 e. The second kappa shape index (κ2) is 9.03. The number of aromatic hydroxyl groups is 1. The first-order valence-corrected chi connectivity index (χ1v) is 9.35. The van der Waals surface area contributed by atoms with Crippen molar-refractivity contribution in [1.29, 1.82) is 0 Å². The summed E-state index contributed by atoms with van der Waals surface area (Å²) in [6.45, 7) is 3.47. The maximum atomic E-state index is 12.5. The highest BCUT2D eigenvalue weighted by molar-refractivity contribution is 6.32. The topological polar surface area (TPSA) is 74.3 Å². The van der Waals surface area contributed by atoms with Crippen LogP contribution in [0.1, 0.15) is 0 Å². The molecule has 1 fully saturated rings. The number of halogens is 1. The van der Waals surface area contributed by atoms with Gasteiger partial charge in [-0.05, 0) is 24.3 Å². The molecule has 150 valence electrons. The predicted octanol–water partition coefficient (Wildman–Crippen LogP) is 2.82. The highest BCUT2D eigenvalue weighted by atomic mass is 35.5. The molecule has 7 nitrogen and oxygen atoms in total. The Balaban J connectivity index is 1.55. The maximum Gasteiger partial charge on any atom is 0.238 e. The van der Waals surface area contributed by atoms with Gasteiger partial charge in [-0.15, -0.1) is 0 Å². The number of anilines is 2. The molecule has 0 radical (unpaired) electrons. The van der Waals surface area contributed by atoms with Crippen LogP contribution in [0, 0.1) is 0 Å². The summed E-state index contributed by atoms with van der Waals surface area (Å²) in [6, 6.07) is 10.4. The number of carbonyl (C=O) groups excluding carboxylic acids is 1. The smallest absolute Gasteiger partial charge is 0.238 e. The van der Waals surface area contributed by atoms with Crippen molar-refractivity contribution in [1.82, 2.24) is 4.90 Å². The van der Waals surface area contributed by atoms with Crippen LogP contribution in [-0.2, 0) is 4.79 Å². The Morgan fingerprint density at radius 1 is 1.07 bits per heavy atom. The van der Waals surface area contributed by atoms with Gasteiger partial charge in [0.25, 0.3) is 0 Å². The Bertz CT molecular complexity index is 821. The normalized spacial score (nSPS) is 14.6. The lowest BCUT2D eigenvalue weighted by Crippen LogP contribution is -2.48. The third kappa shape index (κ3) is 4.79. The zero-order chi connectivity index (χ0) is 20.1. The second-order valence-corrected chi connectivity index (χ2v) is 6.92. The molecular weight excluding hydrogens is 382 g/mol. The lowest BCUT2D eigenvalue weighted by atomic mass is 10.2. The molecule has 0 atom stereocenters. The number of benzene rings is 2. The van der Waals surface area contributed by atoms with E-state index in [2.05, 4.69) is 15.1 Å². The van der Waals surface area contributed by atoms with E-state index in [1.165, 1.54) is 14.2 Å². The zero-order valence-corrected chi connectivity index (χ0v) is 16.7. The van der Waals surface area contributed by atoms with Gasteiger partial charge < -0.3 is 24.8 Å². The molecule has 2 aromatic carbocycles. The highest BCUT2D eigenvalue weighted by Crippen LogP contribution is 2.35. The number of hydrogen-bond donors (Lipinski definition) is 2. The van der Waals surface area contributed by atoms with Crippen molar-refractivity contribution >= 4 is 28.9 Å². The molecule has 1 amide bonds. The summed E-state index contributed by atoms with van der Waals surface area (Å²) < 4.78 is 10.5. The van der Waals surface area contributed by atoms with Gasteiger partial charge in [0, 0.05) is 44.0 Å². The number of ether oxygens (including phenoxy) is 2. The molecule has 28 heavy (non-hydrogen) atoms. The molecule has 1 aliphatic heterocycles. The lowest BCUT2D eigenvalue weighted by molar-refractivity contribution is -0.117. The molecule has 0 spiro atoms. The Morgan fingerprint density at radius 3 is 2.32 bits per heavy atom. The number of rotatable bonds is 6. The monoisotopic (exact) mass is 405 g/mol. The van der Waals surface area contributed by atoms with Gasteiger partial charge in [0.05, 0.1) is 31.5 Å². The van der Waals surface area contributed by atoms with Crippen LogP contribution in [0.2, 0.25) is 5.02 Å². The molecule has 1 saturated heterocycles. The SMILES string of the molecule is COc1cc(NC(=O)CN2CCN(c3ccc(O)cc3)CC2)c(OC)cc1Cl. The number of nitrogens with zero attached hydrogens (tertiary/aromatic N) is 2. The summed E-state index contributed by atoms with van der Waals surface area (Å²) in [7, 11) is 3.04. The van der Waals surface area contributed by atoms with E-state index in [4.69, 9.17) is 21.1 Å². The van der Waals surface area contributed by atoms with Crippen LogP contribution >= 0.6 is 11.6 Å². The Labute approximate surface area is 169 Å². The number of amides is 1. The third-order valence-electron chi connectivity index (χ3n) is 4.70. The van der Waals surface area contributed by atoms with Gasteiger partial charge in [-0.25, -0.2) is 0 Å². The average Bonchev–Trinajstić information content (AvgIpc) is 2.70. The number of piperazine rings is 1. The van der Waals surface area contributed by atoms with E-state index in [1.807, 2.05) is 12.1 Å². The quantitative estimate of drug-likeness (QED) is 0.769. The number of methoxy groups -OCH3 is 2. The van der Waals surface area contributed by atoms with Gasteiger partial charge in [-0.2, -0.15) is 0 Å². The maximum absolute atomic E-state index is 12.5. The van der Waals surface area contributed by atoms with Crippen LogP contribution < -0.4 is 19.7 Å². The summed E-state index contributed by atoms with van der Waals surface area (Å²) in [4.78, 5) is 16.8. The summed E-state index contributed by atoms with van der Waals surface area (Å²) in [6.07, 6.45) is 0. The van der Waals surface area contributed by atoms with Crippen LogP contribution in [0.3, 0.4) is 0 Å². The first kappa shape index (κ1) is 20.1. The fourth-order valence-electron chi connectivity index (χ4n) is 3.18. The van der Waals surface area contributed by atoms with Gasteiger partial charge in [-0.1, -0.05) is 11.6 Å². The number of nitrogens with one attached hydrogen (secondary N) is 1. The van der Waals surface area contributed by atoms with E-state index in [1.54, 1.807) is 24.3 Å². The molecule has 2 N–H and O–H groups in total. The first-order chi connectivity index (χ1) is 13.5. The fraction of sp³-hybridized carbons (Fsp3) is 0.350.